The number of aryl methyl sites for hydroxylation is 1. The number of piperidine rings is 1. The number of ether oxygens (including phenoxy) is 1. The largest absolute Gasteiger partial charge is 0.477 e. The van der Waals surface area contributed by atoms with Gasteiger partial charge < -0.3 is 25.0 Å². The van der Waals surface area contributed by atoms with Crippen molar-refractivity contribution in [3.63, 3.8) is 0 Å². The summed E-state index contributed by atoms with van der Waals surface area (Å²) in [7, 11) is 1.59. The number of carboxylic acids is 1. The van der Waals surface area contributed by atoms with Crippen molar-refractivity contribution in [2.45, 2.75) is 25.5 Å². The lowest BCUT2D eigenvalue weighted by atomic mass is 10.0. The van der Waals surface area contributed by atoms with E-state index in [4.69, 9.17) is 9.84 Å². The van der Waals surface area contributed by atoms with Gasteiger partial charge in [-0.1, -0.05) is 11.3 Å². The Hall–Kier alpha value is -2.46. The maximum Gasteiger partial charge on any atom is 0.347 e. The van der Waals surface area contributed by atoms with Crippen molar-refractivity contribution >= 4 is 28.3 Å². The van der Waals surface area contributed by atoms with Crippen LogP contribution in [-0.2, 0) is 4.74 Å². The minimum atomic E-state index is -0.983. The van der Waals surface area contributed by atoms with Crippen LogP contribution in [0.4, 0.5) is 5.13 Å². The lowest BCUT2D eigenvalue weighted by molar-refractivity contribution is 0.0538. The Morgan fingerprint density at radius 2 is 2.24 bits per heavy atom. The van der Waals surface area contributed by atoms with E-state index >= 15 is 0 Å². The number of imidazole rings is 1. The monoisotopic (exact) mass is 365 g/mol. The average molecular weight is 365 g/mol. The van der Waals surface area contributed by atoms with Crippen LogP contribution in [0.1, 0.15) is 32.4 Å². The Morgan fingerprint density at radius 3 is 2.84 bits per heavy atom. The van der Waals surface area contributed by atoms with E-state index in [2.05, 4.69) is 20.3 Å². The Balaban J connectivity index is 1.64. The maximum absolute atomic E-state index is 12.3. The van der Waals surface area contributed by atoms with Gasteiger partial charge in [0, 0.05) is 32.1 Å². The second kappa shape index (κ2) is 7.19. The molecule has 0 radical (unpaired) electrons. The normalized spacial score (nSPS) is 20.5. The maximum atomic E-state index is 12.3. The molecule has 25 heavy (non-hydrogen) atoms. The Morgan fingerprint density at radius 1 is 1.44 bits per heavy atom. The predicted octanol–water partition coefficient (Wildman–Crippen LogP) is 0.897. The van der Waals surface area contributed by atoms with Gasteiger partial charge in [-0.15, -0.1) is 0 Å². The summed E-state index contributed by atoms with van der Waals surface area (Å²) in [5.74, 6) is -0.972. The van der Waals surface area contributed by atoms with Gasteiger partial charge in [-0.05, 0) is 13.3 Å². The molecule has 1 unspecified atom stereocenters. The van der Waals surface area contributed by atoms with E-state index in [1.165, 1.54) is 6.20 Å². The minimum absolute atomic E-state index is 0.155. The van der Waals surface area contributed by atoms with Crippen molar-refractivity contribution in [3.05, 3.63) is 28.8 Å². The number of anilines is 1. The number of carbonyl (C=O) groups is 2. The number of carboxylic acid groups (broad SMARTS) is 1. The third-order valence-electron chi connectivity index (χ3n) is 4.07. The van der Waals surface area contributed by atoms with Crippen LogP contribution in [-0.4, -0.2) is 64.3 Å². The van der Waals surface area contributed by atoms with Crippen LogP contribution < -0.4 is 10.2 Å². The second-order valence-corrected chi connectivity index (χ2v) is 6.82. The molecule has 1 amide bonds. The van der Waals surface area contributed by atoms with Crippen LogP contribution in [0.3, 0.4) is 0 Å². The summed E-state index contributed by atoms with van der Waals surface area (Å²) >= 11 is 1.13. The molecule has 10 heteroatoms. The van der Waals surface area contributed by atoms with Crippen molar-refractivity contribution in [1.29, 1.82) is 0 Å². The Bertz CT molecular complexity index is 774. The van der Waals surface area contributed by atoms with Crippen LogP contribution >= 0.6 is 11.3 Å². The van der Waals surface area contributed by atoms with Gasteiger partial charge in [0.25, 0.3) is 5.91 Å². The lowest BCUT2D eigenvalue weighted by Crippen LogP contribution is -2.55. The van der Waals surface area contributed by atoms with E-state index in [0.717, 1.165) is 17.0 Å². The van der Waals surface area contributed by atoms with Crippen LogP contribution in [0.5, 0.6) is 0 Å². The first-order valence-corrected chi connectivity index (χ1v) is 8.59. The molecule has 134 valence electrons. The van der Waals surface area contributed by atoms with E-state index in [9.17, 15) is 9.59 Å². The number of hydrogen-bond acceptors (Lipinski definition) is 7. The third kappa shape index (κ3) is 3.80. The molecule has 1 aliphatic rings. The molecule has 2 aromatic rings. The number of aromatic amines is 1. The number of amides is 1. The lowest BCUT2D eigenvalue weighted by Gasteiger charge is -2.37. The highest BCUT2D eigenvalue weighted by atomic mass is 32.1. The highest BCUT2D eigenvalue weighted by Crippen LogP contribution is 2.26. The SMILES string of the molecule is CO[C@H]1CN(c2ncc(C(=O)O)s2)CCC1NC(=O)c1ncc(C)[nH]1. The van der Waals surface area contributed by atoms with Crippen molar-refractivity contribution < 1.29 is 19.4 Å². The third-order valence-corrected chi connectivity index (χ3v) is 5.12. The molecule has 0 saturated carbocycles. The summed E-state index contributed by atoms with van der Waals surface area (Å²) in [6.45, 7) is 3.00. The van der Waals surface area contributed by atoms with Gasteiger partial charge in [-0.3, -0.25) is 4.79 Å². The van der Waals surface area contributed by atoms with Gasteiger partial charge in [0.1, 0.15) is 4.88 Å². The first-order chi connectivity index (χ1) is 12.0. The number of rotatable bonds is 5. The molecule has 3 rings (SSSR count). The highest BCUT2D eigenvalue weighted by molar-refractivity contribution is 7.17. The molecule has 9 nitrogen and oxygen atoms in total. The molecular weight excluding hydrogens is 346 g/mol. The van der Waals surface area contributed by atoms with E-state index < -0.39 is 5.97 Å². The minimum Gasteiger partial charge on any atom is -0.477 e. The molecule has 1 aliphatic heterocycles. The molecule has 0 spiro atoms. The first kappa shape index (κ1) is 17.4. The molecule has 0 bridgehead atoms. The summed E-state index contributed by atoms with van der Waals surface area (Å²) < 4.78 is 5.53. The molecule has 2 aromatic heterocycles. The number of thiazole rings is 1. The zero-order valence-electron chi connectivity index (χ0n) is 13.9. The van der Waals surface area contributed by atoms with Gasteiger partial charge in [-0.2, -0.15) is 0 Å². The number of carbonyl (C=O) groups excluding carboxylic acids is 1. The standard InChI is InChI=1S/C15H19N5O4S/c1-8-5-16-12(18-8)13(21)19-9-3-4-20(7-10(9)24-2)15-17-6-11(25-15)14(22)23/h5-6,9-10H,3-4,7H2,1-2H3,(H,16,18)(H,19,21)(H,22,23)/t9?,10-/m0/s1. The quantitative estimate of drug-likeness (QED) is 0.720. The zero-order chi connectivity index (χ0) is 18.0. The van der Waals surface area contributed by atoms with Gasteiger partial charge in [0.05, 0.1) is 18.3 Å². The van der Waals surface area contributed by atoms with Gasteiger partial charge in [-0.25, -0.2) is 14.8 Å². The number of hydrogen-bond donors (Lipinski definition) is 3. The second-order valence-electron chi connectivity index (χ2n) is 5.82. The van der Waals surface area contributed by atoms with Gasteiger partial charge in [0.15, 0.2) is 11.0 Å². The molecule has 3 N–H and O–H groups in total. The predicted molar refractivity (Wildman–Crippen MR) is 91.3 cm³/mol. The van der Waals surface area contributed by atoms with Crippen molar-refractivity contribution in [3.8, 4) is 0 Å². The number of aromatic nitrogens is 3. The molecular formula is C15H19N5O4S. The molecule has 1 saturated heterocycles. The van der Waals surface area contributed by atoms with Crippen LogP contribution in [0, 0.1) is 6.92 Å². The first-order valence-electron chi connectivity index (χ1n) is 7.77. The Labute approximate surface area is 148 Å². The van der Waals surface area contributed by atoms with E-state index in [1.807, 2.05) is 11.8 Å². The topological polar surface area (TPSA) is 120 Å². The van der Waals surface area contributed by atoms with Crippen LogP contribution in [0.2, 0.25) is 0 Å². The van der Waals surface area contributed by atoms with Crippen molar-refractivity contribution in [1.82, 2.24) is 20.3 Å². The summed E-state index contributed by atoms with van der Waals surface area (Å²) in [5.41, 5.74) is 0.821. The fourth-order valence-electron chi connectivity index (χ4n) is 2.77. The number of nitrogens with zero attached hydrogens (tertiary/aromatic N) is 3. The van der Waals surface area contributed by atoms with Crippen LogP contribution in [0.15, 0.2) is 12.4 Å². The summed E-state index contributed by atoms with van der Waals surface area (Å²) in [4.78, 5) is 36.6. The van der Waals surface area contributed by atoms with Crippen molar-refractivity contribution in [2.75, 3.05) is 25.1 Å². The summed E-state index contributed by atoms with van der Waals surface area (Å²) in [6.07, 6.45) is 3.39. The highest BCUT2D eigenvalue weighted by Gasteiger charge is 2.32. The van der Waals surface area contributed by atoms with Crippen molar-refractivity contribution in [2.24, 2.45) is 0 Å². The number of H-pyrrole nitrogens is 1. The number of aromatic carboxylic acids is 1. The van der Waals surface area contributed by atoms with Crippen LogP contribution in [0.25, 0.3) is 0 Å². The molecule has 3 heterocycles. The zero-order valence-corrected chi connectivity index (χ0v) is 14.7. The van der Waals surface area contributed by atoms with E-state index in [1.54, 1.807) is 13.3 Å². The fraction of sp³-hybridized carbons (Fsp3) is 0.467. The molecule has 1 fully saturated rings. The number of nitrogens with one attached hydrogen (secondary N) is 2. The van der Waals surface area contributed by atoms with Gasteiger partial charge >= 0.3 is 5.97 Å². The summed E-state index contributed by atoms with van der Waals surface area (Å²) in [5, 5.41) is 12.6. The Kier molecular flexibility index (Phi) is 5.00. The molecule has 2 atom stereocenters. The van der Waals surface area contributed by atoms with Gasteiger partial charge in [0.2, 0.25) is 0 Å². The van der Waals surface area contributed by atoms with E-state index in [0.29, 0.717) is 24.6 Å². The molecule has 0 aliphatic carbocycles. The summed E-state index contributed by atoms with van der Waals surface area (Å²) in [6, 6.07) is -0.155. The number of methoxy groups -OCH3 is 1. The van der Waals surface area contributed by atoms with E-state index in [-0.39, 0.29) is 28.8 Å². The smallest absolute Gasteiger partial charge is 0.347 e. The fourth-order valence-corrected chi connectivity index (χ4v) is 3.56. The molecule has 0 aromatic carbocycles. The average Bonchev–Trinajstić information content (AvgIpc) is 3.24.